The van der Waals surface area contributed by atoms with E-state index in [1.54, 1.807) is 18.3 Å². The Morgan fingerprint density at radius 1 is 1.00 bits per heavy atom. The van der Waals surface area contributed by atoms with Gasteiger partial charge in [-0.2, -0.15) is 0 Å². The number of hydrogen-bond donors (Lipinski definition) is 1. The van der Waals surface area contributed by atoms with Gasteiger partial charge in [-0.25, -0.2) is 4.98 Å². The molecule has 0 spiro atoms. The number of fused-ring (bicyclic) bond motifs is 1. The van der Waals surface area contributed by atoms with Gasteiger partial charge in [-0.3, -0.25) is 4.40 Å². The van der Waals surface area contributed by atoms with Crippen molar-refractivity contribution in [2.75, 3.05) is 0 Å². The van der Waals surface area contributed by atoms with Gasteiger partial charge < -0.3 is 4.98 Å². The fourth-order valence-electron chi connectivity index (χ4n) is 2.96. The summed E-state index contributed by atoms with van der Waals surface area (Å²) < 4.78 is 2.35. The maximum atomic E-state index is 6.40. The molecule has 0 fully saturated rings. The molecule has 0 unspecified atom stereocenters. The largest absolute Gasteiger partial charge is 0.339 e. The average molecular weight is 400 g/mol. The number of aromatic amines is 1. The van der Waals surface area contributed by atoms with Gasteiger partial charge in [-0.1, -0.05) is 35.3 Å². The maximum absolute atomic E-state index is 6.40. The first-order chi connectivity index (χ1) is 12.4. The molecule has 0 aliphatic carbocycles. The Morgan fingerprint density at radius 2 is 1.81 bits per heavy atom. The van der Waals surface area contributed by atoms with Gasteiger partial charge in [0.1, 0.15) is 5.65 Å². The molecule has 0 bridgehead atoms. The molecule has 130 valence electrons. The first-order valence-corrected chi connectivity index (χ1v) is 9.24. The number of imidazole rings is 1. The van der Waals surface area contributed by atoms with Crippen LogP contribution in [0.5, 0.6) is 0 Å². The number of aromatic nitrogens is 3. The lowest BCUT2D eigenvalue weighted by Crippen LogP contribution is -1.93. The van der Waals surface area contributed by atoms with Crippen LogP contribution in [-0.2, 0) is 0 Å². The molecule has 4 rings (SSSR count). The molecule has 2 aromatic heterocycles. The van der Waals surface area contributed by atoms with Crippen molar-refractivity contribution in [3.05, 3.63) is 74.7 Å². The summed E-state index contributed by atoms with van der Waals surface area (Å²) >= 11 is 18.0. The van der Waals surface area contributed by atoms with Gasteiger partial charge in [0.15, 0.2) is 0 Å². The molecule has 0 atom stereocenters. The highest BCUT2D eigenvalue weighted by Crippen LogP contribution is 2.33. The van der Waals surface area contributed by atoms with Gasteiger partial charge in [-0.15, -0.1) is 0 Å². The molecule has 2 aromatic carbocycles. The third-order valence-corrected chi connectivity index (χ3v) is 5.42. The number of hydrogen-bond acceptors (Lipinski definition) is 2. The number of aryl methyl sites for hydroxylation is 2. The summed E-state index contributed by atoms with van der Waals surface area (Å²) in [6, 6.07) is 11.7. The second kappa shape index (κ2) is 6.54. The van der Waals surface area contributed by atoms with E-state index < -0.39 is 0 Å². The van der Waals surface area contributed by atoms with Gasteiger partial charge in [-0.05, 0) is 67.0 Å². The smallest absolute Gasteiger partial charge is 0.205 e. The summed E-state index contributed by atoms with van der Waals surface area (Å²) in [5, 5.41) is 1.23. The molecule has 0 amide bonds. The van der Waals surface area contributed by atoms with Crippen molar-refractivity contribution in [2.24, 2.45) is 0 Å². The van der Waals surface area contributed by atoms with Crippen LogP contribution in [0, 0.1) is 18.6 Å². The van der Waals surface area contributed by atoms with Crippen LogP contribution in [0.2, 0.25) is 10.0 Å². The Kier molecular flexibility index (Phi) is 4.35. The topological polar surface area (TPSA) is 33.1 Å². The van der Waals surface area contributed by atoms with E-state index in [9.17, 15) is 0 Å². The molecule has 0 radical (unpaired) electrons. The van der Waals surface area contributed by atoms with Crippen LogP contribution in [-0.4, -0.2) is 14.4 Å². The molecule has 4 aromatic rings. The summed E-state index contributed by atoms with van der Waals surface area (Å²) in [5.74, 6) is 0. The number of H-pyrrole nitrogens is 1. The zero-order chi connectivity index (χ0) is 18.4. The van der Waals surface area contributed by atoms with Crippen molar-refractivity contribution < 1.29 is 0 Å². The number of rotatable bonds is 2. The van der Waals surface area contributed by atoms with Crippen LogP contribution in [0.25, 0.3) is 28.0 Å². The quantitative estimate of drug-likeness (QED) is 0.382. The number of nitrogens with zero attached hydrogens (tertiary/aromatic N) is 2. The lowest BCUT2D eigenvalue weighted by molar-refractivity contribution is 1.06. The van der Waals surface area contributed by atoms with Crippen molar-refractivity contribution in [3.63, 3.8) is 0 Å². The van der Waals surface area contributed by atoms with Crippen molar-refractivity contribution in [1.29, 1.82) is 0 Å². The van der Waals surface area contributed by atoms with Crippen LogP contribution in [0.3, 0.4) is 0 Å². The molecule has 6 heteroatoms. The third kappa shape index (κ3) is 2.94. The second-order valence-corrected chi connectivity index (χ2v) is 7.47. The van der Waals surface area contributed by atoms with Gasteiger partial charge in [0.05, 0.1) is 5.69 Å². The maximum Gasteiger partial charge on any atom is 0.205 e. The molecule has 26 heavy (non-hydrogen) atoms. The Bertz CT molecular complexity index is 1210. The predicted molar refractivity (Wildman–Crippen MR) is 111 cm³/mol. The van der Waals surface area contributed by atoms with E-state index in [-0.39, 0.29) is 0 Å². The molecule has 3 nitrogen and oxygen atoms in total. The summed E-state index contributed by atoms with van der Waals surface area (Å²) in [7, 11) is 0. The third-order valence-electron chi connectivity index (χ3n) is 4.55. The summed E-state index contributed by atoms with van der Waals surface area (Å²) in [6.07, 6.45) is 3.70. The zero-order valence-corrected chi connectivity index (χ0v) is 16.5. The van der Waals surface area contributed by atoms with Gasteiger partial charge >= 0.3 is 0 Å². The van der Waals surface area contributed by atoms with E-state index in [1.807, 2.05) is 16.7 Å². The molecule has 0 saturated carbocycles. The van der Waals surface area contributed by atoms with E-state index >= 15 is 0 Å². The Balaban J connectivity index is 1.98. The highest BCUT2D eigenvalue weighted by molar-refractivity contribution is 7.71. The second-order valence-electron chi connectivity index (χ2n) is 6.26. The minimum Gasteiger partial charge on any atom is -0.339 e. The summed E-state index contributed by atoms with van der Waals surface area (Å²) in [4.78, 5) is 7.82. The van der Waals surface area contributed by atoms with Crippen LogP contribution in [0.4, 0.5) is 0 Å². The first-order valence-electron chi connectivity index (χ1n) is 8.07. The molecule has 0 aliphatic heterocycles. The van der Waals surface area contributed by atoms with Crippen molar-refractivity contribution in [2.45, 2.75) is 13.8 Å². The minimum atomic E-state index is 0.480. The molecule has 0 aliphatic rings. The molecule has 1 N–H and O–H groups in total. The summed E-state index contributed by atoms with van der Waals surface area (Å²) in [6.45, 7) is 4.20. The zero-order valence-electron chi connectivity index (χ0n) is 14.2. The monoisotopic (exact) mass is 399 g/mol. The van der Waals surface area contributed by atoms with Gasteiger partial charge in [0, 0.05) is 33.6 Å². The molecular formula is C20H15Cl2N3S. The number of benzene rings is 2. The van der Waals surface area contributed by atoms with Crippen molar-refractivity contribution in [3.8, 4) is 22.4 Å². The highest BCUT2D eigenvalue weighted by Gasteiger charge is 2.13. The van der Waals surface area contributed by atoms with E-state index in [4.69, 9.17) is 35.4 Å². The Labute approximate surface area is 166 Å². The van der Waals surface area contributed by atoms with Crippen LogP contribution < -0.4 is 0 Å². The lowest BCUT2D eigenvalue weighted by Gasteiger charge is -2.07. The van der Waals surface area contributed by atoms with E-state index in [2.05, 4.69) is 42.0 Å². The highest BCUT2D eigenvalue weighted by atomic mass is 35.5. The fourth-order valence-corrected chi connectivity index (χ4v) is 3.55. The van der Waals surface area contributed by atoms with Gasteiger partial charge in [0.25, 0.3) is 0 Å². The summed E-state index contributed by atoms with van der Waals surface area (Å²) in [5.41, 5.74) is 7.05. The predicted octanol–water partition coefficient (Wildman–Crippen LogP) is 6.65. The number of halogens is 2. The average Bonchev–Trinajstić information content (AvgIpc) is 3.06. The SMILES string of the molecule is Cc1ccc(-c2cn3c(=S)ncc(-c4cc(Cl)ccc4Cl)c3[nH]2)cc1C. The normalized spacial score (nSPS) is 11.2. The lowest BCUT2D eigenvalue weighted by atomic mass is 10.0. The van der Waals surface area contributed by atoms with E-state index in [1.165, 1.54) is 11.1 Å². The fraction of sp³-hybridized carbons (Fsp3) is 0.100. The van der Waals surface area contributed by atoms with E-state index in [0.717, 1.165) is 28.0 Å². The van der Waals surface area contributed by atoms with Crippen molar-refractivity contribution >= 4 is 41.1 Å². The molecule has 0 saturated heterocycles. The van der Waals surface area contributed by atoms with Crippen molar-refractivity contribution in [1.82, 2.24) is 14.4 Å². The minimum absolute atomic E-state index is 0.480. The van der Waals surface area contributed by atoms with E-state index in [0.29, 0.717) is 14.8 Å². The first kappa shape index (κ1) is 17.3. The van der Waals surface area contributed by atoms with Crippen LogP contribution >= 0.6 is 35.4 Å². The van der Waals surface area contributed by atoms with Crippen LogP contribution in [0.15, 0.2) is 48.8 Å². The Morgan fingerprint density at radius 3 is 2.58 bits per heavy atom. The Hall–Kier alpha value is -2.14. The molecule has 2 heterocycles. The molecular weight excluding hydrogens is 385 g/mol. The van der Waals surface area contributed by atoms with Gasteiger partial charge in [0.2, 0.25) is 4.77 Å². The standard InChI is InChI=1S/C20H15Cl2N3S/c1-11-3-4-13(7-12(11)2)18-10-25-19(24-18)16(9-23-20(25)26)15-8-14(21)5-6-17(15)22/h3-10,24H,1-2H3. The number of nitrogens with one attached hydrogen (secondary N) is 1. The van der Waals surface area contributed by atoms with Crippen LogP contribution in [0.1, 0.15) is 11.1 Å².